The van der Waals surface area contributed by atoms with Gasteiger partial charge in [0.05, 0.1) is 6.61 Å². The topological polar surface area (TPSA) is 73.9 Å². The maximum Gasteiger partial charge on any atom is 0.135 e. The molecule has 1 aromatic carbocycles. The van der Waals surface area contributed by atoms with E-state index in [0.29, 0.717) is 18.7 Å². The molecule has 16 heavy (non-hydrogen) atoms. The molecule has 0 radical (unpaired) electrons. The van der Waals surface area contributed by atoms with Crippen LogP contribution in [-0.2, 0) is 6.42 Å². The normalized spacial score (nSPS) is 10.0. The summed E-state index contributed by atoms with van der Waals surface area (Å²) in [6.07, 6.45) is 3.60. The van der Waals surface area contributed by atoms with Crippen molar-refractivity contribution < 1.29 is 4.74 Å². The molecule has 0 aliphatic carbocycles. The minimum atomic E-state index is 0.521. The molecule has 0 fully saturated rings. The van der Waals surface area contributed by atoms with Crippen molar-refractivity contribution in [2.24, 2.45) is 0 Å². The van der Waals surface area contributed by atoms with Crippen LogP contribution in [0.4, 0.5) is 5.69 Å². The number of nitrogen functional groups attached to an aromatic ring is 1. The van der Waals surface area contributed by atoms with Crippen molar-refractivity contribution in [3.8, 4) is 5.75 Å². The third-order valence-electron chi connectivity index (χ3n) is 2.00. The smallest absolute Gasteiger partial charge is 0.135 e. The van der Waals surface area contributed by atoms with Crippen LogP contribution in [0.2, 0.25) is 0 Å². The van der Waals surface area contributed by atoms with Gasteiger partial charge in [0.15, 0.2) is 0 Å². The number of anilines is 1. The quantitative estimate of drug-likeness (QED) is 0.774. The molecule has 0 saturated carbocycles. The molecule has 2 rings (SSSR count). The van der Waals surface area contributed by atoms with Crippen molar-refractivity contribution in [3.63, 3.8) is 0 Å². The summed E-state index contributed by atoms with van der Waals surface area (Å²) < 4.78 is 5.51. The molecule has 2 N–H and O–H groups in total. The monoisotopic (exact) mass is 216 g/mol. The summed E-state index contributed by atoms with van der Waals surface area (Å²) in [6, 6.07) is 7.32. The van der Waals surface area contributed by atoms with Crippen LogP contribution in [0, 0.1) is 0 Å². The number of rotatable bonds is 4. The zero-order chi connectivity index (χ0) is 11.2. The van der Waals surface area contributed by atoms with Crippen LogP contribution < -0.4 is 10.5 Å². The average molecular weight is 216 g/mol. The van der Waals surface area contributed by atoms with Gasteiger partial charge in [-0.05, 0) is 12.1 Å². The largest absolute Gasteiger partial charge is 0.493 e. The first kappa shape index (κ1) is 10.4. The van der Waals surface area contributed by atoms with Gasteiger partial charge in [-0.3, -0.25) is 0 Å². The number of nitrogens with two attached hydrogens (primary N) is 1. The van der Waals surface area contributed by atoms with Gasteiger partial charge in [0.25, 0.3) is 0 Å². The molecule has 0 aliphatic rings. The third kappa shape index (κ3) is 2.91. The highest BCUT2D eigenvalue weighted by Crippen LogP contribution is 2.14. The highest BCUT2D eigenvalue weighted by molar-refractivity contribution is 5.43. The molecule has 0 saturated heterocycles. The van der Waals surface area contributed by atoms with Crippen molar-refractivity contribution >= 4 is 5.69 Å². The first-order valence-electron chi connectivity index (χ1n) is 4.94. The van der Waals surface area contributed by atoms with Gasteiger partial charge in [-0.25, -0.2) is 15.0 Å². The number of benzene rings is 1. The number of ether oxygens (including phenoxy) is 1. The van der Waals surface area contributed by atoms with Gasteiger partial charge in [-0.2, -0.15) is 0 Å². The second kappa shape index (κ2) is 5.06. The van der Waals surface area contributed by atoms with Gasteiger partial charge in [-0.1, -0.05) is 6.07 Å². The molecule has 0 unspecified atom stereocenters. The van der Waals surface area contributed by atoms with Crippen molar-refractivity contribution in [1.29, 1.82) is 0 Å². The fourth-order valence-electron chi connectivity index (χ4n) is 1.26. The van der Waals surface area contributed by atoms with Gasteiger partial charge in [0, 0.05) is 18.2 Å². The van der Waals surface area contributed by atoms with Gasteiger partial charge in [0.2, 0.25) is 0 Å². The number of hydrogen-bond donors (Lipinski definition) is 1. The van der Waals surface area contributed by atoms with E-state index in [1.807, 2.05) is 18.2 Å². The number of hydrogen-bond acceptors (Lipinski definition) is 5. The Hall–Kier alpha value is -2.17. The Kier molecular flexibility index (Phi) is 3.28. The van der Waals surface area contributed by atoms with E-state index in [0.717, 1.165) is 11.6 Å². The van der Waals surface area contributed by atoms with Crippen LogP contribution in [0.5, 0.6) is 5.75 Å². The first-order valence-corrected chi connectivity index (χ1v) is 4.94. The second-order valence-electron chi connectivity index (χ2n) is 3.23. The zero-order valence-corrected chi connectivity index (χ0v) is 8.71. The summed E-state index contributed by atoms with van der Waals surface area (Å²) in [6.45, 7) is 0.521. The Labute approximate surface area is 93.3 Å². The van der Waals surface area contributed by atoms with Crippen molar-refractivity contribution in [3.05, 3.63) is 42.7 Å². The molecule has 5 heteroatoms. The van der Waals surface area contributed by atoms with Crippen molar-refractivity contribution in [2.75, 3.05) is 12.3 Å². The maximum atomic E-state index is 5.63. The Morgan fingerprint density at radius 1 is 1.19 bits per heavy atom. The van der Waals surface area contributed by atoms with Crippen LogP contribution in [0.1, 0.15) is 5.82 Å². The number of aromatic nitrogens is 3. The fraction of sp³-hybridized carbons (Fsp3) is 0.182. The summed E-state index contributed by atoms with van der Waals surface area (Å²) in [4.78, 5) is 11.7. The summed E-state index contributed by atoms with van der Waals surface area (Å²) in [5, 5.41) is 0. The molecular formula is C11H12N4O. The third-order valence-corrected chi connectivity index (χ3v) is 2.00. The average Bonchev–Trinajstić information content (AvgIpc) is 2.30. The lowest BCUT2D eigenvalue weighted by atomic mass is 10.3. The molecule has 1 aromatic heterocycles. The van der Waals surface area contributed by atoms with Gasteiger partial charge in [0.1, 0.15) is 24.2 Å². The van der Waals surface area contributed by atoms with Crippen LogP contribution in [0.25, 0.3) is 0 Å². The molecule has 0 amide bonds. The van der Waals surface area contributed by atoms with Crippen LogP contribution in [-0.4, -0.2) is 21.6 Å². The molecule has 0 spiro atoms. The summed E-state index contributed by atoms with van der Waals surface area (Å²) in [7, 11) is 0. The Morgan fingerprint density at radius 3 is 2.75 bits per heavy atom. The number of nitrogens with zero attached hydrogens (tertiary/aromatic N) is 3. The Balaban J connectivity index is 1.85. The zero-order valence-electron chi connectivity index (χ0n) is 8.71. The SMILES string of the molecule is Nc1cccc(OCCc2ncncn2)c1. The molecule has 0 bridgehead atoms. The summed E-state index contributed by atoms with van der Waals surface area (Å²) in [5.41, 5.74) is 6.32. The van der Waals surface area contributed by atoms with E-state index in [2.05, 4.69) is 15.0 Å². The van der Waals surface area contributed by atoms with Gasteiger partial charge in [-0.15, -0.1) is 0 Å². The summed E-state index contributed by atoms with van der Waals surface area (Å²) >= 11 is 0. The molecule has 1 heterocycles. The van der Waals surface area contributed by atoms with E-state index >= 15 is 0 Å². The first-order chi connectivity index (χ1) is 7.84. The van der Waals surface area contributed by atoms with Crippen LogP contribution >= 0.6 is 0 Å². The van der Waals surface area contributed by atoms with Gasteiger partial charge >= 0.3 is 0 Å². The predicted molar refractivity (Wildman–Crippen MR) is 59.9 cm³/mol. The molecule has 5 nitrogen and oxygen atoms in total. The van der Waals surface area contributed by atoms with Crippen molar-refractivity contribution in [2.45, 2.75) is 6.42 Å². The second-order valence-corrected chi connectivity index (χ2v) is 3.23. The maximum absolute atomic E-state index is 5.63. The molecule has 0 atom stereocenters. The van der Waals surface area contributed by atoms with E-state index in [4.69, 9.17) is 10.5 Å². The van der Waals surface area contributed by atoms with E-state index in [9.17, 15) is 0 Å². The highest BCUT2D eigenvalue weighted by atomic mass is 16.5. The van der Waals surface area contributed by atoms with E-state index in [1.165, 1.54) is 12.7 Å². The van der Waals surface area contributed by atoms with E-state index in [1.54, 1.807) is 6.07 Å². The summed E-state index contributed by atoms with van der Waals surface area (Å²) in [5.74, 6) is 1.48. The minimum Gasteiger partial charge on any atom is -0.493 e. The predicted octanol–water partition coefficient (Wildman–Crippen LogP) is 1.08. The standard InChI is InChI=1S/C11H12N4O/c12-9-2-1-3-10(6-9)16-5-4-11-14-7-13-8-15-11/h1-3,6-8H,4-5,12H2. The highest BCUT2D eigenvalue weighted by Gasteiger charge is 1.97. The molecule has 82 valence electrons. The van der Waals surface area contributed by atoms with Crippen LogP contribution in [0.15, 0.2) is 36.9 Å². The lowest BCUT2D eigenvalue weighted by molar-refractivity contribution is 0.319. The van der Waals surface area contributed by atoms with E-state index in [-0.39, 0.29) is 0 Å². The lowest BCUT2D eigenvalue weighted by Crippen LogP contribution is -2.05. The minimum absolute atomic E-state index is 0.521. The van der Waals surface area contributed by atoms with Crippen molar-refractivity contribution in [1.82, 2.24) is 15.0 Å². The Bertz CT molecular complexity index is 447. The lowest BCUT2D eigenvalue weighted by Gasteiger charge is -2.05. The van der Waals surface area contributed by atoms with Crippen LogP contribution in [0.3, 0.4) is 0 Å². The van der Waals surface area contributed by atoms with Gasteiger partial charge < -0.3 is 10.5 Å². The Morgan fingerprint density at radius 2 is 2.00 bits per heavy atom. The molecule has 0 aliphatic heterocycles. The molecule has 2 aromatic rings. The molecular weight excluding hydrogens is 204 g/mol. The van der Waals surface area contributed by atoms with E-state index < -0.39 is 0 Å². The fourth-order valence-corrected chi connectivity index (χ4v) is 1.26.